The largest absolute Gasteiger partial charge is 0.497 e. The first-order chi connectivity index (χ1) is 12.5. The van der Waals surface area contributed by atoms with Gasteiger partial charge in [0.1, 0.15) is 11.8 Å². The van der Waals surface area contributed by atoms with Crippen molar-refractivity contribution in [3.8, 4) is 5.75 Å². The van der Waals surface area contributed by atoms with E-state index < -0.39 is 12.1 Å². The molecule has 0 radical (unpaired) electrons. The monoisotopic (exact) mass is 363 g/mol. The van der Waals surface area contributed by atoms with Crippen LogP contribution in [0.15, 0.2) is 24.3 Å². The van der Waals surface area contributed by atoms with Crippen LogP contribution in [-0.4, -0.2) is 55.7 Å². The van der Waals surface area contributed by atoms with Crippen molar-refractivity contribution in [2.45, 2.75) is 32.2 Å². The van der Waals surface area contributed by atoms with Crippen LogP contribution in [0.4, 0.5) is 10.5 Å². The predicted molar refractivity (Wildman–Crippen MR) is 96.0 cm³/mol. The van der Waals surface area contributed by atoms with E-state index in [2.05, 4.69) is 10.6 Å². The Morgan fingerprint density at radius 1 is 1.23 bits per heavy atom. The molecule has 1 aromatic rings. The lowest BCUT2D eigenvalue weighted by Gasteiger charge is -2.24. The molecule has 1 fully saturated rings. The zero-order valence-corrected chi connectivity index (χ0v) is 15.1. The fraction of sp³-hybridized carbons (Fsp3) is 0.500. The van der Waals surface area contributed by atoms with Gasteiger partial charge < -0.3 is 25.0 Å². The fourth-order valence-electron chi connectivity index (χ4n) is 2.83. The number of nitrogens with one attached hydrogen (secondary N) is 2. The SMILES string of the molecule is CCOC(=O)NCCC(=O)N1CCC[C@H]1C(=O)Nc1ccc(OC)cc1. The Balaban J connectivity index is 1.86. The van der Waals surface area contributed by atoms with Crippen LogP contribution in [0.25, 0.3) is 0 Å². The molecule has 8 heteroatoms. The van der Waals surface area contributed by atoms with Gasteiger partial charge in [-0.25, -0.2) is 4.79 Å². The first kappa shape index (κ1) is 19.6. The van der Waals surface area contributed by atoms with Gasteiger partial charge in [0.2, 0.25) is 11.8 Å². The van der Waals surface area contributed by atoms with E-state index in [1.807, 2.05) is 0 Å². The molecule has 1 saturated heterocycles. The number of hydrogen-bond donors (Lipinski definition) is 2. The van der Waals surface area contributed by atoms with Gasteiger partial charge in [0, 0.05) is 25.2 Å². The highest BCUT2D eigenvalue weighted by atomic mass is 16.5. The number of carbonyl (C=O) groups is 3. The molecule has 142 valence electrons. The Hall–Kier alpha value is -2.77. The van der Waals surface area contributed by atoms with Crippen molar-refractivity contribution in [1.29, 1.82) is 0 Å². The van der Waals surface area contributed by atoms with E-state index in [1.54, 1.807) is 43.2 Å². The molecule has 1 heterocycles. The summed E-state index contributed by atoms with van der Waals surface area (Å²) in [6.45, 7) is 2.71. The normalized spacial score (nSPS) is 16.1. The molecule has 1 aromatic carbocycles. The van der Waals surface area contributed by atoms with Gasteiger partial charge in [-0.1, -0.05) is 0 Å². The number of carbonyl (C=O) groups excluding carboxylic acids is 3. The van der Waals surface area contributed by atoms with Gasteiger partial charge in [0.15, 0.2) is 0 Å². The molecule has 26 heavy (non-hydrogen) atoms. The number of methoxy groups -OCH3 is 1. The smallest absolute Gasteiger partial charge is 0.407 e. The minimum Gasteiger partial charge on any atom is -0.497 e. The van der Waals surface area contributed by atoms with Gasteiger partial charge >= 0.3 is 6.09 Å². The molecular formula is C18H25N3O5. The first-order valence-electron chi connectivity index (χ1n) is 8.70. The molecule has 0 aromatic heterocycles. The zero-order chi connectivity index (χ0) is 18.9. The predicted octanol–water partition coefficient (Wildman–Crippen LogP) is 1.76. The fourth-order valence-corrected chi connectivity index (χ4v) is 2.83. The summed E-state index contributed by atoms with van der Waals surface area (Å²) in [7, 11) is 1.58. The summed E-state index contributed by atoms with van der Waals surface area (Å²) >= 11 is 0. The van der Waals surface area contributed by atoms with Crippen LogP contribution < -0.4 is 15.4 Å². The number of ether oxygens (including phenoxy) is 2. The van der Waals surface area contributed by atoms with Gasteiger partial charge in [-0.2, -0.15) is 0 Å². The Morgan fingerprint density at radius 2 is 1.96 bits per heavy atom. The molecule has 0 spiro atoms. The van der Waals surface area contributed by atoms with E-state index in [4.69, 9.17) is 9.47 Å². The summed E-state index contributed by atoms with van der Waals surface area (Å²) in [6, 6.07) is 6.53. The third kappa shape index (κ3) is 5.37. The lowest BCUT2D eigenvalue weighted by molar-refractivity contribution is -0.136. The van der Waals surface area contributed by atoms with Crippen molar-refractivity contribution < 1.29 is 23.9 Å². The summed E-state index contributed by atoms with van der Waals surface area (Å²) in [6.07, 6.45) is 0.984. The molecule has 1 aliphatic rings. The molecule has 0 saturated carbocycles. The van der Waals surface area contributed by atoms with Crippen molar-refractivity contribution in [1.82, 2.24) is 10.2 Å². The van der Waals surface area contributed by atoms with Crippen LogP contribution in [0.5, 0.6) is 5.75 Å². The maximum Gasteiger partial charge on any atom is 0.407 e. The summed E-state index contributed by atoms with van der Waals surface area (Å²) in [5.41, 5.74) is 0.652. The minimum absolute atomic E-state index is 0.130. The molecule has 1 atom stereocenters. The third-order valence-corrected chi connectivity index (χ3v) is 4.12. The maximum atomic E-state index is 12.5. The highest BCUT2D eigenvalue weighted by Crippen LogP contribution is 2.21. The lowest BCUT2D eigenvalue weighted by atomic mass is 10.2. The molecular weight excluding hydrogens is 338 g/mol. The average Bonchev–Trinajstić information content (AvgIpc) is 3.12. The summed E-state index contributed by atoms with van der Waals surface area (Å²) in [4.78, 5) is 37.7. The number of nitrogens with zero attached hydrogens (tertiary/aromatic N) is 1. The van der Waals surface area contributed by atoms with Crippen molar-refractivity contribution in [3.05, 3.63) is 24.3 Å². The van der Waals surface area contributed by atoms with E-state index in [1.165, 1.54) is 0 Å². The van der Waals surface area contributed by atoms with E-state index in [9.17, 15) is 14.4 Å². The van der Waals surface area contributed by atoms with E-state index in [0.29, 0.717) is 24.4 Å². The topological polar surface area (TPSA) is 97.0 Å². The maximum absolute atomic E-state index is 12.5. The number of benzene rings is 1. The molecule has 8 nitrogen and oxygen atoms in total. The van der Waals surface area contributed by atoms with Crippen LogP contribution in [0, 0.1) is 0 Å². The highest BCUT2D eigenvalue weighted by molar-refractivity contribution is 5.97. The molecule has 0 aliphatic carbocycles. The number of likely N-dealkylation sites (tertiary alicyclic amines) is 1. The first-order valence-corrected chi connectivity index (χ1v) is 8.70. The zero-order valence-electron chi connectivity index (χ0n) is 15.1. The van der Waals surface area contributed by atoms with Gasteiger partial charge in [0.05, 0.1) is 13.7 Å². The summed E-state index contributed by atoms with van der Waals surface area (Å²) < 4.78 is 9.83. The average molecular weight is 363 g/mol. The Morgan fingerprint density at radius 3 is 2.62 bits per heavy atom. The van der Waals surface area contributed by atoms with E-state index in [-0.39, 0.29) is 31.4 Å². The van der Waals surface area contributed by atoms with Crippen LogP contribution >= 0.6 is 0 Å². The Labute approximate surface area is 152 Å². The third-order valence-electron chi connectivity index (χ3n) is 4.12. The van der Waals surface area contributed by atoms with Crippen LogP contribution in [0.2, 0.25) is 0 Å². The van der Waals surface area contributed by atoms with Crippen LogP contribution in [-0.2, 0) is 14.3 Å². The Bertz CT molecular complexity index is 632. The quantitative estimate of drug-likeness (QED) is 0.769. The van der Waals surface area contributed by atoms with E-state index >= 15 is 0 Å². The van der Waals surface area contributed by atoms with Gasteiger partial charge in [-0.3, -0.25) is 9.59 Å². The minimum atomic E-state index is -0.546. The van der Waals surface area contributed by atoms with Crippen LogP contribution in [0.1, 0.15) is 26.2 Å². The molecule has 3 amide bonds. The summed E-state index contributed by atoms with van der Waals surface area (Å²) in [5, 5.41) is 5.34. The number of hydrogen-bond acceptors (Lipinski definition) is 5. The van der Waals surface area contributed by atoms with Gasteiger partial charge in [0.25, 0.3) is 0 Å². The van der Waals surface area contributed by atoms with Crippen molar-refractivity contribution >= 4 is 23.6 Å². The van der Waals surface area contributed by atoms with Gasteiger partial charge in [-0.15, -0.1) is 0 Å². The molecule has 0 bridgehead atoms. The molecule has 2 N–H and O–H groups in total. The second kappa shape index (κ2) is 9.65. The molecule has 0 unspecified atom stereocenters. The molecule has 1 aliphatic heterocycles. The van der Waals surface area contributed by atoms with Gasteiger partial charge in [-0.05, 0) is 44.0 Å². The van der Waals surface area contributed by atoms with Crippen LogP contribution in [0.3, 0.4) is 0 Å². The number of rotatable bonds is 7. The van der Waals surface area contributed by atoms with Crippen molar-refractivity contribution in [3.63, 3.8) is 0 Å². The standard InChI is InChI=1S/C18H25N3O5/c1-3-26-18(24)19-11-10-16(22)21-12-4-5-15(21)17(23)20-13-6-8-14(25-2)9-7-13/h6-9,15H,3-5,10-12H2,1-2H3,(H,19,24)(H,20,23)/t15-/m0/s1. The molecule has 2 rings (SSSR count). The Kier molecular flexibility index (Phi) is 7.25. The highest BCUT2D eigenvalue weighted by Gasteiger charge is 2.33. The number of anilines is 1. The van der Waals surface area contributed by atoms with E-state index in [0.717, 1.165) is 6.42 Å². The summed E-state index contributed by atoms with van der Waals surface area (Å²) in [5.74, 6) is 0.336. The lowest BCUT2D eigenvalue weighted by Crippen LogP contribution is -2.44. The second-order valence-corrected chi connectivity index (χ2v) is 5.86. The van der Waals surface area contributed by atoms with Crippen molar-refractivity contribution in [2.24, 2.45) is 0 Å². The number of amides is 3. The number of alkyl carbamates (subject to hydrolysis) is 1. The van der Waals surface area contributed by atoms with Crippen molar-refractivity contribution in [2.75, 3.05) is 32.1 Å². The second-order valence-electron chi connectivity index (χ2n) is 5.86.